The molecule has 1 aromatic heterocycles. The van der Waals surface area contributed by atoms with Gasteiger partial charge in [-0.2, -0.15) is 0 Å². The number of pyridine rings is 1. The van der Waals surface area contributed by atoms with E-state index in [0.717, 1.165) is 43.2 Å². The normalized spacial score (nSPS) is 15.0. The molecule has 1 aliphatic rings. The Morgan fingerprint density at radius 1 is 0.935 bits per heavy atom. The van der Waals surface area contributed by atoms with Gasteiger partial charge in [-0.15, -0.1) is 0 Å². The van der Waals surface area contributed by atoms with Gasteiger partial charge in [0.1, 0.15) is 18.1 Å². The summed E-state index contributed by atoms with van der Waals surface area (Å²) in [5.74, 6) is 1.80. The van der Waals surface area contributed by atoms with Crippen molar-refractivity contribution in [2.45, 2.75) is 32.0 Å². The summed E-state index contributed by atoms with van der Waals surface area (Å²) in [7, 11) is 1.73. The van der Waals surface area contributed by atoms with Crippen molar-refractivity contribution in [3.8, 4) is 11.5 Å². The van der Waals surface area contributed by atoms with Crippen LogP contribution in [0.4, 0.5) is 0 Å². The fourth-order valence-electron chi connectivity index (χ4n) is 4.06. The molecule has 4 rings (SSSR count). The van der Waals surface area contributed by atoms with Crippen LogP contribution >= 0.6 is 0 Å². The quantitative estimate of drug-likeness (QED) is 0.523. The highest BCUT2D eigenvalue weighted by molar-refractivity contribution is 5.31. The minimum absolute atomic E-state index is 0.362. The highest BCUT2D eigenvalue weighted by Gasteiger charge is 2.23. The van der Waals surface area contributed by atoms with Crippen LogP contribution in [-0.2, 0) is 13.2 Å². The Kier molecular flexibility index (Phi) is 7.53. The largest absolute Gasteiger partial charge is 0.497 e. The van der Waals surface area contributed by atoms with Crippen molar-refractivity contribution in [1.29, 1.82) is 0 Å². The number of hydrogen-bond donors (Lipinski definition) is 1. The molecule has 3 aromatic rings. The first-order valence-electron chi connectivity index (χ1n) is 11.0. The molecule has 0 bridgehead atoms. The molecule has 0 saturated carbocycles. The van der Waals surface area contributed by atoms with Gasteiger partial charge in [0.2, 0.25) is 0 Å². The monoisotopic (exact) mass is 417 g/mol. The molecule has 31 heavy (non-hydrogen) atoms. The van der Waals surface area contributed by atoms with E-state index in [4.69, 9.17) is 9.47 Å². The first-order valence-corrected chi connectivity index (χ1v) is 11.0. The first kappa shape index (κ1) is 21.3. The third kappa shape index (κ3) is 6.06. The van der Waals surface area contributed by atoms with Crippen LogP contribution in [0.2, 0.25) is 0 Å². The van der Waals surface area contributed by atoms with Gasteiger partial charge < -0.3 is 14.8 Å². The minimum atomic E-state index is 0.362. The van der Waals surface area contributed by atoms with Crippen molar-refractivity contribution in [3.63, 3.8) is 0 Å². The van der Waals surface area contributed by atoms with Crippen LogP contribution in [0.15, 0.2) is 73.1 Å². The third-order valence-corrected chi connectivity index (χ3v) is 5.81. The summed E-state index contributed by atoms with van der Waals surface area (Å²) < 4.78 is 11.3. The van der Waals surface area contributed by atoms with Crippen LogP contribution in [0.3, 0.4) is 0 Å². The Bertz CT molecular complexity index is 925. The summed E-state index contributed by atoms with van der Waals surface area (Å²) in [6.07, 6.45) is 6.13. The summed E-state index contributed by atoms with van der Waals surface area (Å²) in [5, 5.41) is 3.66. The van der Waals surface area contributed by atoms with E-state index in [1.165, 1.54) is 24.0 Å². The first-order chi connectivity index (χ1) is 15.3. The zero-order valence-electron chi connectivity index (χ0n) is 18.2. The van der Waals surface area contributed by atoms with E-state index in [1.807, 2.05) is 30.3 Å². The number of rotatable bonds is 10. The highest BCUT2D eigenvalue weighted by atomic mass is 16.5. The Balaban J connectivity index is 1.31. The number of hydrogen-bond acceptors (Lipinski definition) is 5. The summed E-state index contributed by atoms with van der Waals surface area (Å²) in [4.78, 5) is 6.62. The number of nitrogens with one attached hydrogen (secondary N) is 1. The lowest BCUT2D eigenvalue weighted by molar-refractivity contribution is 0.238. The molecule has 5 heteroatoms. The van der Waals surface area contributed by atoms with Gasteiger partial charge in [-0.3, -0.25) is 9.88 Å². The molecule has 2 aromatic carbocycles. The molecule has 1 atom stereocenters. The Hall–Kier alpha value is -2.89. The SMILES string of the molecule is COc1cccc([C@@H](CNCc2ccc(OCc3ccncc3)cc2)N2CCCC2)c1. The van der Waals surface area contributed by atoms with Gasteiger partial charge in [-0.25, -0.2) is 0 Å². The van der Waals surface area contributed by atoms with Crippen molar-refractivity contribution in [3.05, 3.63) is 89.7 Å². The van der Waals surface area contributed by atoms with Gasteiger partial charge in [-0.1, -0.05) is 24.3 Å². The molecule has 0 radical (unpaired) electrons. The van der Waals surface area contributed by atoms with E-state index < -0.39 is 0 Å². The van der Waals surface area contributed by atoms with Crippen LogP contribution in [0.1, 0.15) is 35.6 Å². The molecule has 5 nitrogen and oxygen atoms in total. The van der Waals surface area contributed by atoms with Crippen molar-refractivity contribution in [2.24, 2.45) is 0 Å². The molecule has 2 heterocycles. The Morgan fingerprint density at radius 3 is 2.45 bits per heavy atom. The topological polar surface area (TPSA) is 46.6 Å². The summed E-state index contributed by atoms with van der Waals surface area (Å²) >= 11 is 0. The minimum Gasteiger partial charge on any atom is -0.497 e. The Labute approximate surface area is 185 Å². The van der Waals surface area contributed by atoms with Gasteiger partial charge >= 0.3 is 0 Å². The number of likely N-dealkylation sites (tertiary alicyclic amines) is 1. The highest BCUT2D eigenvalue weighted by Crippen LogP contribution is 2.27. The lowest BCUT2D eigenvalue weighted by Crippen LogP contribution is -2.34. The summed E-state index contributed by atoms with van der Waals surface area (Å²) in [6, 6.07) is 21.1. The van der Waals surface area contributed by atoms with E-state index in [0.29, 0.717) is 12.6 Å². The molecule has 0 aliphatic carbocycles. The van der Waals surface area contributed by atoms with Gasteiger partial charge in [0.25, 0.3) is 0 Å². The van der Waals surface area contributed by atoms with Crippen LogP contribution in [0.25, 0.3) is 0 Å². The van der Waals surface area contributed by atoms with E-state index in [2.05, 4.69) is 45.5 Å². The number of ether oxygens (including phenoxy) is 2. The predicted octanol–water partition coefficient (Wildman–Crippen LogP) is 4.60. The molecular formula is C26H31N3O2. The molecule has 0 amide bonds. The standard InChI is InChI=1S/C26H31N3O2/c1-30-25-6-4-5-23(17-25)26(29-15-2-3-16-29)19-28-18-21-7-9-24(10-8-21)31-20-22-11-13-27-14-12-22/h4-14,17,26,28H,2-3,15-16,18-20H2,1H3/t26-/m1/s1. The smallest absolute Gasteiger partial charge is 0.119 e. The van der Waals surface area contributed by atoms with Gasteiger partial charge in [0, 0.05) is 31.5 Å². The molecule has 162 valence electrons. The Morgan fingerprint density at radius 2 is 1.71 bits per heavy atom. The van der Waals surface area contributed by atoms with Crippen LogP contribution in [-0.4, -0.2) is 36.6 Å². The number of nitrogens with zero attached hydrogens (tertiary/aromatic N) is 2. The fourth-order valence-corrected chi connectivity index (χ4v) is 4.06. The van der Waals surface area contributed by atoms with E-state index in [1.54, 1.807) is 19.5 Å². The molecule has 1 fully saturated rings. The van der Waals surface area contributed by atoms with Gasteiger partial charge in [0.05, 0.1) is 7.11 Å². The van der Waals surface area contributed by atoms with E-state index >= 15 is 0 Å². The second-order valence-corrected chi connectivity index (χ2v) is 7.95. The fraction of sp³-hybridized carbons (Fsp3) is 0.346. The zero-order chi connectivity index (χ0) is 21.3. The predicted molar refractivity (Wildman–Crippen MR) is 123 cm³/mol. The average molecular weight is 418 g/mol. The zero-order valence-corrected chi connectivity index (χ0v) is 18.2. The number of benzene rings is 2. The maximum absolute atomic E-state index is 5.87. The van der Waals surface area contributed by atoms with Gasteiger partial charge in [-0.05, 0) is 79.0 Å². The third-order valence-electron chi connectivity index (χ3n) is 5.81. The summed E-state index contributed by atoms with van der Waals surface area (Å²) in [6.45, 7) is 4.62. The van der Waals surface area contributed by atoms with Crippen LogP contribution in [0.5, 0.6) is 11.5 Å². The maximum Gasteiger partial charge on any atom is 0.119 e. The van der Waals surface area contributed by atoms with Gasteiger partial charge in [0.15, 0.2) is 0 Å². The molecule has 0 unspecified atom stereocenters. The van der Waals surface area contributed by atoms with Crippen molar-refractivity contribution >= 4 is 0 Å². The molecular weight excluding hydrogens is 386 g/mol. The number of aromatic nitrogens is 1. The second kappa shape index (κ2) is 10.9. The lowest BCUT2D eigenvalue weighted by atomic mass is 10.0. The van der Waals surface area contributed by atoms with Crippen LogP contribution in [0, 0.1) is 0 Å². The van der Waals surface area contributed by atoms with Crippen LogP contribution < -0.4 is 14.8 Å². The maximum atomic E-state index is 5.87. The van der Waals surface area contributed by atoms with Crippen molar-refractivity contribution in [1.82, 2.24) is 15.2 Å². The molecule has 1 aliphatic heterocycles. The van der Waals surface area contributed by atoms with E-state index in [-0.39, 0.29) is 0 Å². The average Bonchev–Trinajstić information content (AvgIpc) is 3.36. The lowest BCUT2D eigenvalue weighted by Gasteiger charge is -2.28. The summed E-state index contributed by atoms with van der Waals surface area (Å²) in [5.41, 5.74) is 3.68. The van der Waals surface area contributed by atoms with Crippen molar-refractivity contribution < 1.29 is 9.47 Å². The second-order valence-electron chi connectivity index (χ2n) is 7.95. The van der Waals surface area contributed by atoms with Crippen molar-refractivity contribution in [2.75, 3.05) is 26.7 Å². The molecule has 1 N–H and O–H groups in total. The van der Waals surface area contributed by atoms with E-state index in [9.17, 15) is 0 Å². The number of methoxy groups -OCH3 is 1. The molecule has 0 spiro atoms. The molecule has 1 saturated heterocycles.